The Balaban J connectivity index is 0.00000363. The summed E-state index contributed by atoms with van der Waals surface area (Å²) >= 11 is 0. The largest absolute Gasteiger partial charge is 0.497 e. The molecule has 8 nitrogen and oxygen atoms in total. The summed E-state index contributed by atoms with van der Waals surface area (Å²) in [5.41, 5.74) is 1.89. The van der Waals surface area contributed by atoms with Gasteiger partial charge in [0.1, 0.15) is 5.75 Å². The molecule has 1 saturated heterocycles. The first-order valence-corrected chi connectivity index (χ1v) is 11.1. The fourth-order valence-electron chi connectivity index (χ4n) is 3.62. The molecule has 1 aliphatic heterocycles. The Morgan fingerprint density at radius 1 is 1.25 bits per heavy atom. The molecule has 2 heterocycles. The van der Waals surface area contributed by atoms with Crippen LogP contribution >= 0.6 is 24.0 Å². The maximum Gasteiger partial charge on any atom is 0.191 e. The van der Waals surface area contributed by atoms with E-state index in [0.29, 0.717) is 12.5 Å². The van der Waals surface area contributed by atoms with E-state index >= 15 is 0 Å². The van der Waals surface area contributed by atoms with Crippen molar-refractivity contribution in [2.24, 2.45) is 10.9 Å². The fourth-order valence-corrected chi connectivity index (χ4v) is 3.62. The van der Waals surface area contributed by atoms with Crippen LogP contribution in [0.25, 0.3) is 5.69 Å². The van der Waals surface area contributed by atoms with Crippen LogP contribution in [0.2, 0.25) is 0 Å². The average Bonchev–Trinajstić information content (AvgIpc) is 3.24. The van der Waals surface area contributed by atoms with Crippen LogP contribution in [0.1, 0.15) is 26.5 Å². The van der Waals surface area contributed by atoms with Crippen molar-refractivity contribution in [3.05, 3.63) is 42.2 Å². The van der Waals surface area contributed by atoms with E-state index in [1.165, 1.54) is 0 Å². The molecule has 0 spiro atoms. The van der Waals surface area contributed by atoms with Crippen LogP contribution in [0.3, 0.4) is 0 Å². The molecular formula is C23H37IN6O2. The van der Waals surface area contributed by atoms with E-state index < -0.39 is 0 Å². The smallest absolute Gasteiger partial charge is 0.191 e. The van der Waals surface area contributed by atoms with E-state index in [4.69, 9.17) is 14.5 Å². The number of ether oxygens (including phenoxy) is 2. The van der Waals surface area contributed by atoms with E-state index in [1.807, 2.05) is 41.2 Å². The number of nitrogens with zero attached hydrogens (tertiary/aromatic N) is 4. The Labute approximate surface area is 208 Å². The minimum absolute atomic E-state index is 0. The first-order chi connectivity index (χ1) is 15.1. The van der Waals surface area contributed by atoms with Crippen molar-refractivity contribution >= 4 is 29.9 Å². The lowest BCUT2D eigenvalue weighted by atomic mass is 10.2. The molecule has 0 bridgehead atoms. The minimum atomic E-state index is 0. The van der Waals surface area contributed by atoms with Gasteiger partial charge >= 0.3 is 0 Å². The minimum Gasteiger partial charge on any atom is -0.497 e. The molecule has 1 aromatic heterocycles. The summed E-state index contributed by atoms with van der Waals surface area (Å²) < 4.78 is 13.0. The molecule has 178 valence electrons. The zero-order chi connectivity index (χ0) is 22.1. The van der Waals surface area contributed by atoms with Gasteiger partial charge in [-0.25, -0.2) is 9.67 Å². The molecule has 1 unspecified atom stereocenters. The highest BCUT2D eigenvalue weighted by atomic mass is 127. The zero-order valence-electron chi connectivity index (χ0n) is 19.6. The molecule has 1 fully saturated rings. The third kappa shape index (κ3) is 8.25. The summed E-state index contributed by atoms with van der Waals surface area (Å²) in [6.07, 6.45) is 2.12. The number of guanidine groups is 1. The Morgan fingerprint density at radius 2 is 2.03 bits per heavy atom. The Kier molecular flexibility index (Phi) is 11.3. The maximum atomic E-state index is 5.94. The molecule has 0 saturated carbocycles. The van der Waals surface area contributed by atoms with Gasteiger partial charge < -0.3 is 20.1 Å². The summed E-state index contributed by atoms with van der Waals surface area (Å²) in [6, 6.07) is 9.81. The van der Waals surface area contributed by atoms with Gasteiger partial charge in [0.2, 0.25) is 0 Å². The van der Waals surface area contributed by atoms with Crippen LogP contribution in [0.15, 0.2) is 41.5 Å². The second-order valence-electron chi connectivity index (χ2n) is 8.17. The predicted molar refractivity (Wildman–Crippen MR) is 139 cm³/mol. The van der Waals surface area contributed by atoms with Crippen molar-refractivity contribution in [2.75, 3.05) is 46.4 Å². The molecule has 0 aliphatic carbocycles. The number of morpholine rings is 1. The van der Waals surface area contributed by atoms with Gasteiger partial charge in [-0.3, -0.25) is 4.90 Å². The van der Waals surface area contributed by atoms with Crippen LogP contribution in [-0.2, 0) is 11.3 Å². The summed E-state index contributed by atoms with van der Waals surface area (Å²) in [5.74, 6) is 2.28. The first kappa shape index (κ1) is 26.4. The Morgan fingerprint density at radius 3 is 2.72 bits per heavy atom. The molecular weight excluding hydrogens is 519 g/mol. The molecule has 2 aromatic rings. The molecule has 1 aliphatic rings. The molecule has 1 aromatic carbocycles. The van der Waals surface area contributed by atoms with E-state index in [9.17, 15) is 0 Å². The highest BCUT2D eigenvalue weighted by molar-refractivity contribution is 14.0. The molecule has 2 N–H and O–H groups in total. The van der Waals surface area contributed by atoms with Crippen molar-refractivity contribution < 1.29 is 9.47 Å². The van der Waals surface area contributed by atoms with Gasteiger partial charge in [0, 0.05) is 38.9 Å². The number of methoxy groups -OCH3 is 1. The van der Waals surface area contributed by atoms with E-state index in [2.05, 4.69) is 41.4 Å². The number of rotatable bonds is 9. The number of nitrogens with one attached hydrogen (secondary N) is 2. The summed E-state index contributed by atoms with van der Waals surface area (Å²) in [7, 11) is 1.66. The van der Waals surface area contributed by atoms with Gasteiger partial charge in [0.15, 0.2) is 5.96 Å². The van der Waals surface area contributed by atoms with Crippen LogP contribution < -0.4 is 15.4 Å². The van der Waals surface area contributed by atoms with Crippen molar-refractivity contribution in [2.45, 2.75) is 33.4 Å². The second kappa shape index (κ2) is 13.6. The van der Waals surface area contributed by atoms with Gasteiger partial charge in [-0.15, -0.1) is 24.0 Å². The quantitative estimate of drug-likeness (QED) is 0.281. The lowest BCUT2D eigenvalue weighted by Gasteiger charge is -2.34. The van der Waals surface area contributed by atoms with Crippen LogP contribution in [-0.4, -0.2) is 73.2 Å². The monoisotopic (exact) mass is 556 g/mol. The van der Waals surface area contributed by atoms with Crippen LogP contribution in [0.4, 0.5) is 0 Å². The summed E-state index contributed by atoms with van der Waals surface area (Å²) in [5, 5.41) is 11.4. The highest BCUT2D eigenvalue weighted by Crippen LogP contribution is 2.14. The summed E-state index contributed by atoms with van der Waals surface area (Å²) in [6.45, 7) is 12.5. The number of hydrogen-bond donors (Lipinski definition) is 2. The third-order valence-electron chi connectivity index (χ3n) is 5.07. The number of aliphatic imine (C=N–C) groups is 1. The maximum absolute atomic E-state index is 5.94. The van der Waals surface area contributed by atoms with Crippen molar-refractivity contribution in [3.8, 4) is 11.4 Å². The average molecular weight is 556 g/mol. The van der Waals surface area contributed by atoms with Gasteiger partial charge in [-0.1, -0.05) is 13.8 Å². The molecule has 9 heteroatoms. The SMILES string of the molecule is CCNC(=NCc1ccn(-c2ccc(OC)cc2)n1)NCC1CN(CC(C)C)CCO1.I. The summed E-state index contributed by atoms with van der Waals surface area (Å²) in [4.78, 5) is 7.18. The normalized spacial score (nSPS) is 17.2. The topological polar surface area (TPSA) is 75.9 Å². The van der Waals surface area contributed by atoms with Crippen molar-refractivity contribution in [1.82, 2.24) is 25.3 Å². The lowest BCUT2D eigenvalue weighted by molar-refractivity contribution is -0.0284. The number of halogens is 1. The van der Waals surface area contributed by atoms with Gasteiger partial charge in [-0.05, 0) is 43.2 Å². The van der Waals surface area contributed by atoms with Gasteiger partial charge in [0.25, 0.3) is 0 Å². The van der Waals surface area contributed by atoms with Crippen LogP contribution in [0, 0.1) is 5.92 Å². The van der Waals surface area contributed by atoms with Crippen molar-refractivity contribution in [1.29, 1.82) is 0 Å². The van der Waals surface area contributed by atoms with Crippen LogP contribution in [0.5, 0.6) is 5.75 Å². The Hall–Kier alpha value is -1.85. The lowest BCUT2D eigenvalue weighted by Crippen LogP contribution is -2.50. The first-order valence-electron chi connectivity index (χ1n) is 11.1. The number of benzene rings is 1. The highest BCUT2D eigenvalue weighted by Gasteiger charge is 2.21. The predicted octanol–water partition coefficient (Wildman–Crippen LogP) is 2.91. The molecule has 3 rings (SSSR count). The Bertz CT molecular complexity index is 824. The van der Waals surface area contributed by atoms with E-state index in [1.54, 1.807) is 7.11 Å². The van der Waals surface area contributed by atoms with E-state index in [-0.39, 0.29) is 30.1 Å². The van der Waals surface area contributed by atoms with Gasteiger partial charge in [-0.2, -0.15) is 5.10 Å². The van der Waals surface area contributed by atoms with Crippen molar-refractivity contribution in [3.63, 3.8) is 0 Å². The number of aromatic nitrogens is 2. The fraction of sp³-hybridized carbons (Fsp3) is 0.565. The molecule has 0 radical (unpaired) electrons. The number of hydrogen-bond acceptors (Lipinski definition) is 5. The molecule has 0 amide bonds. The third-order valence-corrected chi connectivity index (χ3v) is 5.07. The molecule has 32 heavy (non-hydrogen) atoms. The van der Waals surface area contributed by atoms with Gasteiger partial charge in [0.05, 0.1) is 37.7 Å². The van der Waals surface area contributed by atoms with E-state index in [0.717, 1.165) is 62.4 Å². The second-order valence-corrected chi connectivity index (χ2v) is 8.17. The standard InChI is InChI=1S/C23H36N6O2.HI/c1-5-24-23(26-15-22-17-28(12-13-31-22)16-18(2)3)25-14-19-10-11-29(27-19)20-6-8-21(30-4)9-7-20;/h6-11,18,22H,5,12-17H2,1-4H3,(H2,24,25,26);1H. The zero-order valence-corrected chi connectivity index (χ0v) is 21.9. The molecule has 1 atom stereocenters.